The normalized spacial score (nSPS) is 14.6. The summed E-state index contributed by atoms with van der Waals surface area (Å²) in [6.07, 6.45) is 2.22. The Hall–Kier alpha value is -5.48. The molecule has 3 aromatic carbocycles. The molecular formula is C36H31ClFN7O2. The Kier molecular flexibility index (Phi) is 8.41. The van der Waals surface area contributed by atoms with E-state index >= 15 is 0 Å². The van der Waals surface area contributed by atoms with Crippen LogP contribution in [0.15, 0.2) is 103 Å². The van der Waals surface area contributed by atoms with Crippen LogP contribution in [0, 0.1) is 5.82 Å². The van der Waals surface area contributed by atoms with Crippen molar-refractivity contribution in [3.8, 4) is 17.0 Å². The number of rotatable bonds is 6. The molecule has 0 spiro atoms. The van der Waals surface area contributed by atoms with E-state index in [0.29, 0.717) is 46.5 Å². The zero-order valence-corrected chi connectivity index (χ0v) is 26.3. The Morgan fingerprint density at radius 1 is 0.957 bits per heavy atom. The van der Waals surface area contributed by atoms with Gasteiger partial charge in [0.05, 0.1) is 24.5 Å². The highest BCUT2D eigenvalue weighted by atomic mass is 35.5. The summed E-state index contributed by atoms with van der Waals surface area (Å²) in [6.45, 7) is 3.21. The summed E-state index contributed by atoms with van der Waals surface area (Å²) in [5, 5.41) is 11.7. The highest BCUT2D eigenvalue weighted by Gasteiger charge is 2.27. The molecule has 236 valence electrons. The van der Waals surface area contributed by atoms with Gasteiger partial charge in [-0.25, -0.2) is 14.4 Å². The molecule has 0 saturated carbocycles. The van der Waals surface area contributed by atoms with Gasteiger partial charge in [0.15, 0.2) is 5.65 Å². The van der Waals surface area contributed by atoms with Crippen LogP contribution >= 0.6 is 11.6 Å². The van der Waals surface area contributed by atoms with E-state index in [9.17, 15) is 9.18 Å². The number of halogens is 2. The fourth-order valence-electron chi connectivity index (χ4n) is 5.70. The molecule has 2 N–H and O–H groups in total. The minimum absolute atomic E-state index is 0.151. The van der Waals surface area contributed by atoms with Gasteiger partial charge in [0.2, 0.25) is 5.88 Å². The van der Waals surface area contributed by atoms with Gasteiger partial charge in [-0.15, -0.1) is 0 Å². The summed E-state index contributed by atoms with van der Waals surface area (Å²) < 4.78 is 22.3. The number of carbonyl (C=O) groups excluding carboxylic acids is 1. The van der Waals surface area contributed by atoms with E-state index in [2.05, 4.69) is 44.8 Å². The molecule has 6 aromatic rings. The summed E-state index contributed by atoms with van der Waals surface area (Å²) >= 11 is 6.35. The van der Waals surface area contributed by atoms with Crippen LogP contribution in [0.2, 0.25) is 5.02 Å². The number of benzene rings is 3. The lowest BCUT2D eigenvalue weighted by atomic mass is 10.0. The molecule has 4 heterocycles. The van der Waals surface area contributed by atoms with Crippen molar-refractivity contribution in [2.75, 3.05) is 16.8 Å². The maximum absolute atomic E-state index is 14.5. The van der Waals surface area contributed by atoms with Gasteiger partial charge in [-0.05, 0) is 41.8 Å². The molecule has 9 nitrogen and oxygen atoms in total. The number of nitrogens with zero attached hydrogens (tertiary/aromatic N) is 5. The van der Waals surface area contributed by atoms with Crippen LogP contribution in [-0.2, 0) is 19.6 Å². The van der Waals surface area contributed by atoms with Crippen molar-refractivity contribution >= 4 is 34.8 Å². The first-order valence-corrected chi connectivity index (χ1v) is 15.6. The summed E-state index contributed by atoms with van der Waals surface area (Å²) in [6, 6.07) is 29.2. The quantitative estimate of drug-likeness (QED) is 0.203. The number of anilines is 2. The molecule has 0 radical (unpaired) electrons. The van der Waals surface area contributed by atoms with E-state index in [-0.39, 0.29) is 24.9 Å². The number of fused-ring (bicyclic) bond motifs is 2. The van der Waals surface area contributed by atoms with E-state index in [1.165, 1.54) is 12.3 Å². The average Bonchev–Trinajstić information content (AvgIpc) is 3.51. The van der Waals surface area contributed by atoms with Crippen LogP contribution in [0.3, 0.4) is 0 Å². The number of pyridine rings is 1. The molecule has 47 heavy (non-hydrogen) atoms. The van der Waals surface area contributed by atoms with Crippen LogP contribution in [0.25, 0.3) is 16.8 Å². The second kappa shape index (κ2) is 13.1. The maximum Gasteiger partial charge on any atom is 0.256 e. The van der Waals surface area contributed by atoms with Gasteiger partial charge in [-0.2, -0.15) is 9.61 Å². The first-order valence-electron chi connectivity index (χ1n) is 15.3. The monoisotopic (exact) mass is 647 g/mol. The highest BCUT2D eigenvalue weighted by Crippen LogP contribution is 2.40. The Labute approximate surface area is 276 Å². The minimum atomic E-state index is -0.489. The van der Waals surface area contributed by atoms with E-state index in [1.54, 1.807) is 4.52 Å². The lowest BCUT2D eigenvalue weighted by Crippen LogP contribution is -2.34. The molecule has 7 rings (SSSR count). The predicted octanol–water partition coefficient (Wildman–Crippen LogP) is 6.91. The number of hydrogen-bond donors (Lipinski definition) is 2. The zero-order chi connectivity index (χ0) is 32.3. The molecule has 3 aromatic heterocycles. The van der Waals surface area contributed by atoms with Crippen LogP contribution < -0.4 is 20.3 Å². The number of ether oxygens (including phenoxy) is 1. The lowest BCUT2D eigenvalue weighted by molar-refractivity contribution is 0.0932. The standard InChI is InChI=1S/C36H31ClFN7O2/c1-23-17-40-34(46)30-20-42-45-33(30)43-32(39-18-27-16-29(38)19-41-35(27)47-23)31(26-12-14-28(37)15-13-26)36(45)44(21-24-8-4-2-5-9-24)22-25-10-6-3-7-11-25/h2-16,19-20,23H,17-18,21-22H2,1H3,(H,39,43)(H,40,46)/t23-/m0/s1. The fraction of sp³-hybridized carbons (Fsp3) is 0.167. The van der Waals surface area contributed by atoms with Crippen molar-refractivity contribution in [3.05, 3.63) is 136 Å². The van der Waals surface area contributed by atoms with Crippen LogP contribution in [0.4, 0.5) is 16.0 Å². The van der Waals surface area contributed by atoms with Crippen LogP contribution in [0.5, 0.6) is 5.88 Å². The lowest BCUT2D eigenvalue weighted by Gasteiger charge is -2.29. The van der Waals surface area contributed by atoms with Crippen molar-refractivity contribution in [1.29, 1.82) is 0 Å². The predicted molar refractivity (Wildman–Crippen MR) is 180 cm³/mol. The topological polar surface area (TPSA) is 96.7 Å². The molecule has 2 bridgehead atoms. The smallest absolute Gasteiger partial charge is 0.256 e. The van der Waals surface area contributed by atoms with Gasteiger partial charge in [0, 0.05) is 30.2 Å². The van der Waals surface area contributed by atoms with Gasteiger partial charge < -0.3 is 20.3 Å². The third kappa shape index (κ3) is 6.45. The molecule has 1 amide bonds. The SMILES string of the molecule is C[C@H]1CNC(=O)c2cnn3c(N(Cc4ccccc4)Cc4ccccc4)c(-c4ccc(Cl)cc4)c(nc23)NCc2cc(F)cnc2O1. The Morgan fingerprint density at radius 2 is 1.64 bits per heavy atom. The van der Waals surface area contributed by atoms with Crippen LogP contribution in [-0.4, -0.2) is 38.1 Å². The maximum atomic E-state index is 14.5. The van der Waals surface area contributed by atoms with E-state index in [4.69, 9.17) is 26.4 Å². The molecule has 0 unspecified atom stereocenters. The number of nitrogens with one attached hydrogen (secondary N) is 2. The Morgan fingerprint density at radius 3 is 2.32 bits per heavy atom. The molecule has 1 atom stereocenters. The first kappa shape index (κ1) is 30.2. The molecule has 0 saturated heterocycles. The molecule has 11 heteroatoms. The molecule has 1 aliphatic rings. The largest absolute Gasteiger partial charge is 0.473 e. The third-order valence-electron chi connectivity index (χ3n) is 7.93. The number of hydrogen-bond acceptors (Lipinski definition) is 7. The summed E-state index contributed by atoms with van der Waals surface area (Å²) in [4.78, 5) is 25.1. The molecule has 0 aliphatic carbocycles. The molecule has 1 aliphatic heterocycles. The van der Waals surface area contributed by atoms with E-state index in [1.807, 2.05) is 67.6 Å². The summed E-state index contributed by atoms with van der Waals surface area (Å²) in [7, 11) is 0. The first-order chi connectivity index (χ1) is 22.9. The van der Waals surface area contributed by atoms with E-state index in [0.717, 1.165) is 28.5 Å². The van der Waals surface area contributed by atoms with Crippen molar-refractivity contribution < 1.29 is 13.9 Å². The van der Waals surface area contributed by atoms with Gasteiger partial charge in [-0.3, -0.25) is 4.79 Å². The second-order valence-electron chi connectivity index (χ2n) is 11.4. The second-order valence-corrected chi connectivity index (χ2v) is 11.8. The summed E-state index contributed by atoms with van der Waals surface area (Å²) in [5.74, 6) is 0.619. The van der Waals surface area contributed by atoms with Gasteiger partial charge >= 0.3 is 0 Å². The van der Waals surface area contributed by atoms with Gasteiger partial charge in [-0.1, -0.05) is 84.4 Å². The minimum Gasteiger partial charge on any atom is -0.473 e. The molecular weight excluding hydrogens is 617 g/mol. The third-order valence-corrected chi connectivity index (χ3v) is 8.19. The van der Waals surface area contributed by atoms with Gasteiger partial charge in [0.1, 0.15) is 29.1 Å². The van der Waals surface area contributed by atoms with Crippen molar-refractivity contribution in [3.63, 3.8) is 0 Å². The molecule has 0 fully saturated rings. The van der Waals surface area contributed by atoms with Crippen LogP contribution in [0.1, 0.15) is 34.0 Å². The zero-order valence-electron chi connectivity index (χ0n) is 25.5. The Balaban J connectivity index is 1.49. The Bertz CT molecular complexity index is 2000. The van der Waals surface area contributed by atoms with Crippen molar-refractivity contribution in [2.24, 2.45) is 0 Å². The number of carbonyl (C=O) groups is 1. The highest BCUT2D eigenvalue weighted by molar-refractivity contribution is 6.30. The van der Waals surface area contributed by atoms with Crippen molar-refractivity contribution in [2.45, 2.75) is 32.7 Å². The number of amides is 1. The average molecular weight is 648 g/mol. The van der Waals surface area contributed by atoms with E-state index < -0.39 is 11.9 Å². The number of aromatic nitrogens is 4. The fourth-order valence-corrected chi connectivity index (χ4v) is 5.82. The van der Waals surface area contributed by atoms with Gasteiger partial charge in [0.25, 0.3) is 5.91 Å². The summed E-state index contributed by atoms with van der Waals surface area (Å²) in [5.41, 5.74) is 4.91. The van der Waals surface area contributed by atoms with Crippen molar-refractivity contribution in [1.82, 2.24) is 24.9 Å².